The zero-order valence-corrected chi connectivity index (χ0v) is 16.0. The van der Waals surface area contributed by atoms with E-state index in [-0.39, 0.29) is 36.8 Å². The van der Waals surface area contributed by atoms with Gasteiger partial charge < -0.3 is 16.8 Å². The van der Waals surface area contributed by atoms with Crippen LogP contribution in [0.15, 0.2) is 30.3 Å². The van der Waals surface area contributed by atoms with Gasteiger partial charge in [0.05, 0.1) is 11.3 Å². The number of alkyl halides is 3. The van der Waals surface area contributed by atoms with Gasteiger partial charge in [0.25, 0.3) is 0 Å². The van der Waals surface area contributed by atoms with Gasteiger partial charge in [-0.15, -0.1) is 24.8 Å². The fourth-order valence-corrected chi connectivity index (χ4v) is 2.93. The molecular weight excluding hydrogens is 402 g/mol. The summed E-state index contributed by atoms with van der Waals surface area (Å²) in [6.45, 7) is 0.446. The molecule has 0 aliphatic heterocycles. The molecule has 0 unspecified atom stereocenters. The number of nitrogen functional groups attached to an aromatic ring is 1. The van der Waals surface area contributed by atoms with Crippen molar-refractivity contribution in [1.29, 1.82) is 0 Å². The van der Waals surface area contributed by atoms with Crippen LogP contribution in [0, 0.1) is 0 Å². The van der Waals surface area contributed by atoms with Gasteiger partial charge >= 0.3 is 6.18 Å². The van der Waals surface area contributed by atoms with Crippen LogP contribution >= 0.6 is 24.8 Å². The predicted octanol–water partition coefficient (Wildman–Crippen LogP) is 3.78. The number of hydrogen-bond donors (Lipinski definition) is 3. The van der Waals surface area contributed by atoms with Crippen LogP contribution < -0.4 is 16.8 Å². The lowest BCUT2D eigenvalue weighted by atomic mass is 9.78. The maximum atomic E-state index is 12.7. The molecule has 0 saturated heterocycles. The monoisotopic (exact) mass is 423 g/mol. The molecule has 5 N–H and O–H groups in total. The highest BCUT2D eigenvalue weighted by atomic mass is 35.5. The molecule has 1 fully saturated rings. The molecule has 1 saturated carbocycles. The predicted molar refractivity (Wildman–Crippen MR) is 105 cm³/mol. The van der Waals surface area contributed by atoms with Crippen LogP contribution in [0.5, 0.6) is 0 Å². The molecule has 1 aliphatic rings. The third-order valence-corrected chi connectivity index (χ3v) is 4.33. The van der Waals surface area contributed by atoms with Crippen molar-refractivity contribution in [1.82, 2.24) is 9.97 Å². The van der Waals surface area contributed by atoms with E-state index < -0.39 is 11.7 Å². The Morgan fingerprint density at radius 3 is 2.44 bits per heavy atom. The highest BCUT2D eigenvalue weighted by Gasteiger charge is 2.30. The van der Waals surface area contributed by atoms with Crippen molar-refractivity contribution in [2.45, 2.75) is 37.4 Å². The van der Waals surface area contributed by atoms with E-state index in [0.29, 0.717) is 30.3 Å². The number of aromatic nitrogens is 2. The van der Waals surface area contributed by atoms with Crippen molar-refractivity contribution >= 4 is 36.6 Å². The molecule has 0 amide bonds. The highest BCUT2D eigenvalue weighted by Crippen LogP contribution is 2.35. The third kappa shape index (κ3) is 6.12. The van der Waals surface area contributed by atoms with Crippen LogP contribution in [0.3, 0.4) is 0 Å². The Labute approximate surface area is 168 Å². The van der Waals surface area contributed by atoms with Crippen molar-refractivity contribution in [2.75, 3.05) is 17.6 Å². The smallest absolute Gasteiger partial charge is 0.370 e. The van der Waals surface area contributed by atoms with Crippen molar-refractivity contribution in [3.05, 3.63) is 47.2 Å². The molecule has 1 aromatic heterocycles. The largest absolute Gasteiger partial charge is 0.416 e. The van der Waals surface area contributed by atoms with Gasteiger partial charge in [-0.05, 0) is 30.9 Å². The Morgan fingerprint density at radius 2 is 1.81 bits per heavy atom. The Bertz CT molecular complexity index is 752. The molecule has 2 aromatic rings. The second-order valence-electron chi connectivity index (χ2n) is 6.34. The minimum Gasteiger partial charge on any atom is -0.370 e. The molecule has 150 valence electrons. The molecule has 27 heavy (non-hydrogen) atoms. The van der Waals surface area contributed by atoms with Gasteiger partial charge in [0.15, 0.2) is 0 Å². The number of nitrogens with one attached hydrogen (secondary N) is 1. The number of nitrogens with two attached hydrogens (primary N) is 2. The maximum absolute atomic E-state index is 12.7. The summed E-state index contributed by atoms with van der Waals surface area (Å²) < 4.78 is 38.2. The average molecular weight is 424 g/mol. The SMILES string of the molecule is Cl.Cl.Nc1nc(NCCc2cccc(C(F)(F)F)c2)cc(C2CC(N)C2)n1. The molecule has 5 nitrogen and oxygen atoms in total. The van der Waals surface area contributed by atoms with Crippen molar-refractivity contribution in [3.8, 4) is 0 Å². The summed E-state index contributed by atoms with van der Waals surface area (Å²) in [5.74, 6) is 1.05. The second-order valence-corrected chi connectivity index (χ2v) is 6.34. The van der Waals surface area contributed by atoms with E-state index in [4.69, 9.17) is 11.5 Å². The first-order valence-electron chi connectivity index (χ1n) is 8.11. The van der Waals surface area contributed by atoms with E-state index in [1.54, 1.807) is 6.07 Å². The van der Waals surface area contributed by atoms with E-state index in [2.05, 4.69) is 15.3 Å². The molecule has 10 heteroatoms. The molecule has 1 aliphatic carbocycles. The first-order valence-corrected chi connectivity index (χ1v) is 8.11. The van der Waals surface area contributed by atoms with Gasteiger partial charge in [-0.2, -0.15) is 18.2 Å². The zero-order chi connectivity index (χ0) is 18.0. The second kappa shape index (κ2) is 9.43. The number of rotatable bonds is 5. The molecule has 1 aromatic carbocycles. The van der Waals surface area contributed by atoms with Crippen molar-refractivity contribution < 1.29 is 13.2 Å². The Hall–Kier alpha value is -1.77. The molecule has 0 atom stereocenters. The third-order valence-electron chi connectivity index (χ3n) is 4.33. The molecule has 0 spiro atoms. The molecule has 0 radical (unpaired) electrons. The number of halogens is 5. The van der Waals surface area contributed by atoms with Gasteiger partial charge in [0, 0.05) is 24.6 Å². The maximum Gasteiger partial charge on any atom is 0.416 e. The Morgan fingerprint density at radius 1 is 1.11 bits per heavy atom. The van der Waals surface area contributed by atoms with Crippen molar-refractivity contribution in [3.63, 3.8) is 0 Å². The van der Waals surface area contributed by atoms with Crippen molar-refractivity contribution in [2.24, 2.45) is 5.73 Å². The zero-order valence-electron chi connectivity index (χ0n) is 14.4. The minimum absolute atomic E-state index is 0. The standard InChI is InChI=1S/C17H20F3N5.2ClH/c18-17(19,20)12-3-1-2-10(6-12)4-5-23-15-9-14(24-16(22)25-15)11-7-13(21)8-11;;/h1-3,6,9,11,13H,4-5,7-8,21H2,(H3,22,23,24,25);2*1H. The summed E-state index contributed by atoms with van der Waals surface area (Å²) >= 11 is 0. The fraction of sp³-hybridized carbons (Fsp3) is 0.412. The fourth-order valence-electron chi connectivity index (χ4n) is 2.93. The summed E-state index contributed by atoms with van der Waals surface area (Å²) in [5.41, 5.74) is 12.4. The first-order chi connectivity index (χ1) is 11.8. The van der Waals surface area contributed by atoms with Crippen LogP contribution in [0.1, 0.15) is 35.6 Å². The average Bonchev–Trinajstić information content (AvgIpc) is 2.51. The van der Waals surface area contributed by atoms with Crippen LogP contribution in [-0.4, -0.2) is 22.6 Å². The normalized spacial score (nSPS) is 18.7. The van der Waals surface area contributed by atoms with Crippen LogP contribution in [-0.2, 0) is 12.6 Å². The summed E-state index contributed by atoms with van der Waals surface area (Å²) in [5, 5.41) is 3.10. The van der Waals surface area contributed by atoms with Crippen LogP contribution in [0.4, 0.5) is 24.9 Å². The number of anilines is 2. The number of hydrogen-bond acceptors (Lipinski definition) is 5. The van der Waals surface area contributed by atoms with E-state index in [1.165, 1.54) is 6.07 Å². The van der Waals surface area contributed by atoms with E-state index in [1.807, 2.05) is 6.07 Å². The van der Waals surface area contributed by atoms with Gasteiger partial charge in [-0.3, -0.25) is 0 Å². The quantitative estimate of drug-likeness (QED) is 0.680. The topological polar surface area (TPSA) is 89.8 Å². The molecular formula is C17H22Cl2F3N5. The highest BCUT2D eigenvalue weighted by molar-refractivity contribution is 5.85. The first kappa shape index (κ1) is 23.3. The minimum atomic E-state index is -4.33. The lowest BCUT2D eigenvalue weighted by Gasteiger charge is -2.32. The van der Waals surface area contributed by atoms with E-state index in [0.717, 1.165) is 30.7 Å². The summed E-state index contributed by atoms with van der Waals surface area (Å²) in [6, 6.07) is 7.36. The summed E-state index contributed by atoms with van der Waals surface area (Å²) in [4.78, 5) is 8.37. The van der Waals surface area contributed by atoms with Gasteiger partial charge in [0.2, 0.25) is 5.95 Å². The lowest BCUT2D eigenvalue weighted by Crippen LogP contribution is -2.35. The Kier molecular flexibility index (Phi) is 8.13. The van der Waals surface area contributed by atoms with Gasteiger partial charge in [0.1, 0.15) is 5.82 Å². The Balaban J connectivity index is 0.00000182. The lowest BCUT2D eigenvalue weighted by molar-refractivity contribution is -0.137. The molecule has 0 bridgehead atoms. The molecule has 1 heterocycles. The number of benzene rings is 1. The van der Waals surface area contributed by atoms with E-state index in [9.17, 15) is 13.2 Å². The number of nitrogens with zero attached hydrogens (tertiary/aromatic N) is 2. The van der Waals surface area contributed by atoms with Gasteiger partial charge in [-0.25, -0.2) is 4.98 Å². The van der Waals surface area contributed by atoms with Crippen LogP contribution in [0.25, 0.3) is 0 Å². The summed E-state index contributed by atoms with van der Waals surface area (Å²) in [7, 11) is 0. The van der Waals surface area contributed by atoms with Crippen LogP contribution in [0.2, 0.25) is 0 Å². The van der Waals surface area contributed by atoms with Gasteiger partial charge in [-0.1, -0.05) is 18.2 Å². The van der Waals surface area contributed by atoms with E-state index >= 15 is 0 Å². The molecule has 3 rings (SSSR count). The summed E-state index contributed by atoms with van der Waals surface area (Å²) in [6.07, 6.45) is -2.14.